The van der Waals surface area contributed by atoms with E-state index in [0.29, 0.717) is 31.1 Å². The maximum absolute atomic E-state index is 12.4. The van der Waals surface area contributed by atoms with Crippen LogP contribution in [0, 0.1) is 0 Å². The molecule has 1 aromatic carbocycles. The first-order valence-corrected chi connectivity index (χ1v) is 8.75. The number of hydrogen-bond acceptors (Lipinski definition) is 6. The van der Waals surface area contributed by atoms with Gasteiger partial charge in [-0.3, -0.25) is 4.79 Å². The fraction of sp³-hybridized carbons (Fsp3) is 0.421. The van der Waals surface area contributed by atoms with Crippen molar-refractivity contribution in [2.45, 2.75) is 19.4 Å². The molecule has 3 rings (SSSR count). The number of hydrogen-bond donors (Lipinski definition) is 1. The normalized spacial score (nSPS) is 15.4. The minimum absolute atomic E-state index is 0.0438. The molecular formula is C19H24N4O3. The molecule has 7 nitrogen and oxygen atoms in total. The lowest BCUT2D eigenvalue weighted by atomic mass is 10.1. The van der Waals surface area contributed by atoms with Gasteiger partial charge in [-0.05, 0) is 25.0 Å². The van der Waals surface area contributed by atoms with Gasteiger partial charge < -0.3 is 19.7 Å². The van der Waals surface area contributed by atoms with E-state index in [2.05, 4.69) is 20.2 Å². The van der Waals surface area contributed by atoms with Gasteiger partial charge in [0.05, 0.1) is 25.9 Å². The Morgan fingerprint density at radius 1 is 1.27 bits per heavy atom. The third-order valence-electron chi connectivity index (χ3n) is 4.29. The van der Waals surface area contributed by atoms with E-state index >= 15 is 0 Å². The van der Waals surface area contributed by atoms with Gasteiger partial charge in [-0.2, -0.15) is 0 Å². The Morgan fingerprint density at radius 2 is 1.96 bits per heavy atom. The second kappa shape index (κ2) is 8.62. The van der Waals surface area contributed by atoms with Gasteiger partial charge in [0.15, 0.2) is 0 Å². The van der Waals surface area contributed by atoms with Crippen molar-refractivity contribution in [3.05, 3.63) is 47.8 Å². The third-order valence-corrected chi connectivity index (χ3v) is 4.29. The van der Waals surface area contributed by atoms with Crippen LogP contribution >= 0.6 is 0 Å². The quantitative estimate of drug-likeness (QED) is 0.849. The zero-order valence-electron chi connectivity index (χ0n) is 15.1. The molecular weight excluding hydrogens is 332 g/mol. The molecule has 0 spiro atoms. The van der Waals surface area contributed by atoms with Crippen LogP contribution in [0.1, 0.15) is 22.8 Å². The predicted molar refractivity (Wildman–Crippen MR) is 98.7 cm³/mol. The molecule has 26 heavy (non-hydrogen) atoms. The smallest absolute Gasteiger partial charge is 0.254 e. The van der Waals surface area contributed by atoms with E-state index in [1.54, 1.807) is 19.5 Å². The number of carbonyl (C=O) groups is 1. The van der Waals surface area contributed by atoms with Crippen molar-refractivity contribution >= 4 is 11.9 Å². The summed E-state index contributed by atoms with van der Waals surface area (Å²) in [7, 11) is 1.65. The Morgan fingerprint density at radius 3 is 2.65 bits per heavy atom. The van der Waals surface area contributed by atoms with Gasteiger partial charge in [0.1, 0.15) is 5.75 Å². The van der Waals surface area contributed by atoms with Crippen LogP contribution in [0.5, 0.6) is 5.75 Å². The molecule has 1 atom stereocenters. The van der Waals surface area contributed by atoms with Crippen LogP contribution in [-0.4, -0.2) is 55.3 Å². The summed E-state index contributed by atoms with van der Waals surface area (Å²) in [4.78, 5) is 23.1. The fourth-order valence-corrected chi connectivity index (χ4v) is 2.92. The number of rotatable bonds is 6. The molecule has 1 aliphatic heterocycles. The maximum atomic E-state index is 12.4. The molecule has 0 radical (unpaired) electrons. The molecule has 0 saturated carbocycles. The Bertz CT molecular complexity index is 730. The Labute approximate surface area is 153 Å². The molecule has 1 fully saturated rings. The first kappa shape index (κ1) is 18.1. The van der Waals surface area contributed by atoms with Crippen molar-refractivity contribution in [3.63, 3.8) is 0 Å². The summed E-state index contributed by atoms with van der Waals surface area (Å²) in [6.45, 7) is 4.84. The van der Waals surface area contributed by atoms with Crippen molar-refractivity contribution in [1.82, 2.24) is 15.3 Å². The molecule has 0 bridgehead atoms. The molecule has 0 aliphatic carbocycles. The molecule has 2 heterocycles. The highest BCUT2D eigenvalue weighted by Crippen LogP contribution is 2.19. The average molecular weight is 356 g/mol. The summed E-state index contributed by atoms with van der Waals surface area (Å²) < 4.78 is 10.7. The van der Waals surface area contributed by atoms with Crippen molar-refractivity contribution in [3.8, 4) is 5.75 Å². The van der Waals surface area contributed by atoms with Gasteiger partial charge in [0.2, 0.25) is 5.95 Å². The maximum Gasteiger partial charge on any atom is 0.254 e. The summed E-state index contributed by atoms with van der Waals surface area (Å²) >= 11 is 0. The van der Waals surface area contributed by atoms with E-state index in [4.69, 9.17) is 9.47 Å². The van der Waals surface area contributed by atoms with E-state index in [1.165, 1.54) is 0 Å². The number of ether oxygens (including phenoxy) is 2. The van der Waals surface area contributed by atoms with Crippen molar-refractivity contribution in [2.24, 2.45) is 0 Å². The molecule has 1 saturated heterocycles. The van der Waals surface area contributed by atoms with Gasteiger partial charge in [0.25, 0.3) is 5.91 Å². The zero-order chi connectivity index (χ0) is 18.4. The molecule has 1 aromatic heterocycles. The van der Waals surface area contributed by atoms with Crippen LogP contribution in [0.25, 0.3) is 0 Å². The van der Waals surface area contributed by atoms with E-state index in [1.807, 2.05) is 31.2 Å². The molecule has 138 valence electrons. The topological polar surface area (TPSA) is 76.6 Å². The molecule has 1 N–H and O–H groups in total. The van der Waals surface area contributed by atoms with Gasteiger partial charge in [0, 0.05) is 31.5 Å². The molecule has 7 heteroatoms. The first-order valence-electron chi connectivity index (χ1n) is 8.75. The molecule has 1 aliphatic rings. The van der Waals surface area contributed by atoms with E-state index in [9.17, 15) is 4.79 Å². The Hall–Kier alpha value is -2.67. The number of nitrogens with one attached hydrogen (secondary N) is 1. The second-order valence-electron chi connectivity index (χ2n) is 6.26. The predicted octanol–water partition coefficient (Wildman–Crippen LogP) is 1.68. The zero-order valence-corrected chi connectivity index (χ0v) is 15.1. The summed E-state index contributed by atoms with van der Waals surface area (Å²) in [6.07, 6.45) is 3.83. The highest BCUT2D eigenvalue weighted by atomic mass is 16.5. The van der Waals surface area contributed by atoms with Crippen LogP contribution in [0.3, 0.4) is 0 Å². The fourth-order valence-electron chi connectivity index (χ4n) is 2.92. The standard InChI is InChI=1S/C19H24N4O3/c1-14(11-15-5-3-4-6-17(15)25-2)22-18(24)16-12-20-19(21-13-16)23-7-9-26-10-8-23/h3-6,12-14H,7-11H2,1-2H3,(H,22,24)/t14-/m0/s1. The van der Waals surface area contributed by atoms with E-state index in [-0.39, 0.29) is 11.9 Å². The number of nitrogens with zero attached hydrogens (tertiary/aromatic N) is 3. The van der Waals surface area contributed by atoms with Crippen LogP contribution < -0.4 is 15.0 Å². The van der Waals surface area contributed by atoms with E-state index < -0.39 is 0 Å². The summed E-state index contributed by atoms with van der Waals surface area (Å²) in [5.41, 5.74) is 1.51. The lowest BCUT2D eigenvalue weighted by molar-refractivity contribution is 0.0939. The minimum Gasteiger partial charge on any atom is -0.496 e. The number of methoxy groups -OCH3 is 1. The van der Waals surface area contributed by atoms with Crippen LogP contribution in [0.15, 0.2) is 36.7 Å². The summed E-state index contributed by atoms with van der Waals surface area (Å²) in [5.74, 6) is 1.28. The Kier molecular flexibility index (Phi) is 6.01. The van der Waals surface area contributed by atoms with E-state index in [0.717, 1.165) is 24.4 Å². The SMILES string of the molecule is COc1ccccc1C[C@H](C)NC(=O)c1cnc(N2CCOCC2)nc1. The van der Waals surface area contributed by atoms with Crippen molar-refractivity contribution in [2.75, 3.05) is 38.3 Å². The monoisotopic (exact) mass is 356 g/mol. The number of anilines is 1. The second-order valence-corrected chi connectivity index (χ2v) is 6.26. The number of carbonyl (C=O) groups excluding carboxylic acids is 1. The van der Waals surface area contributed by atoms with Crippen LogP contribution in [0.4, 0.5) is 5.95 Å². The number of benzene rings is 1. The number of para-hydroxylation sites is 1. The lowest BCUT2D eigenvalue weighted by Gasteiger charge is -2.26. The first-order chi connectivity index (χ1) is 12.7. The van der Waals surface area contributed by atoms with Crippen LogP contribution in [-0.2, 0) is 11.2 Å². The van der Waals surface area contributed by atoms with Crippen molar-refractivity contribution < 1.29 is 14.3 Å². The van der Waals surface area contributed by atoms with Crippen molar-refractivity contribution in [1.29, 1.82) is 0 Å². The summed E-state index contributed by atoms with van der Waals surface area (Å²) in [6, 6.07) is 7.77. The minimum atomic E-state index is -0.180. The van der Waals surface area contributed by atoms with Gasteiger partial charge in [-0.15, -0.1) is 0 Å². The third kappa shape index (κ3) is 4.49. The van der Waals surface area contributed by atoms with Gasteiger partial charge in [-0.1, -0.05) is 18.2 Å². The highest BCUT2D eigenvalue weighted by molar-refractivity contribution is 5.93. The number of aromatic nitrogens is 2. The number of amides is 1. The number of morpholine rings is 1. The Balaban J connectivity index is 1.58. The highest BCUT2D eigenvalue weighted by Gasteiger charge is 2.16. The van der Waals surface area contributed by atoms with Gasteiger partial charge >= 0.3 is 0 Å². The lowest BCUT2D eigenvalue weighted by Crippen LogP contribution is -2.37. The molecule has 1 amide bonds. The molecule has 2 aromatic rings. The summed E-state index contributed by atoms with van der Waals surface area (Å²) in [5, 5.41) is 2.99. The van der Waals surface area contributed by atoms with Gasteiger partial charge in [-0.25, -0.2) is 9.97 Å². The largest absolute Gasteiger partial charge is 0.496 e. The molecule has 0 unspecified atom stereocenters. The average Bonchev–Trinajstić information content (AvgIpc) is 2.69. The van der Waals surface area contributed by atoms with Crippen LogP contribution in [0.2, 0.25) is 0 Å².